The maximum atomic E-state index is 6.26. The minimum atomic E-state index is 0.398. The topological polar surface area (TPSA) is 12.0 Å². The summed E-state index contributed by atoms with van der Waals surface area (Å²) in [5.41, 5.74) is 4.09. The van der Waals surface area contributed by atoms with Gasteiger partial charge in [0.1, 0.15) is 0 Å². The molecule has 1 saturated heterocycles. The molecule has 108 valence electrons. The molecule has 0 aromatic heterocycles. The van der Waals surface area contributed by atoms with Crippen molar-refractivity contribution in [1.82, 2.24) is 5.32 Å². The van der Waals surface area contributed by atoms with Crippen LogP contribution in [0.15, 0.2) is 42.5 Å². The molecule has 1 heterocycles. The van der Waals surface area contributed by atoms with Gasteiger partial charge < -0.3 is 5.32 Å². The summed E-state index contributed by atoms with van der Waals surface area (Å²) in [5.74, 6) is 1.00. The van der Waals surface area contributed by atoms with Crippen molar-refractivity contribution in [2.75, 3.05) is 6.54 Å². The lowest BCUT2D eigenvalue weighted by molar-refractivity contribution is 0.287. The third kappa shape index (κ3) is 2.28. The molecule has 2 aromatic rings. The molecule has 0 amide bonds. The van der Waals surface area contributed by atoms with Gasteiger partial charge in [-0.15, -0.1) is 0 Å². The molecule has 0 radical (unpaired) electrons. The molecule has 0 bridgehead atoms. The van der Waals surface area contributed by atoms with Gasteiger partial charge in [0.15, 0.2) is 0 Å². The first-order valence-corrected chi connectivity index (χ1v) is 8.28. The Hall–Kier alpha value is -1.02. The van der Waals surface area contributed by atoms with E-state index in [-0.39, 0.29) is 0 Å². The van der Waals surface area contributed by atoms with E-state index in [1.807, 2.05) is 18.2 Å². The van der Waals surface area contributed by atoms with Gasteiger partial charge in [0.2, 0.25) is 0 Å². The van der Waals surface area contributed by atoms with Gasteiger partial charge in [-0.1, -0.05) is 41.4 Å². The van der Waals surface area contributed by atoms with Crippen LogP contribution < -0.4 is 5.32 Å². The Morgan fingerprint density at radius 3 is 2.67 bits per heavy atom. The van der Waals surface area contributed by atoms with Gasteiger partial charge in [-0.2, -0.15) is 0 Å². The minimum absolute atomic E-state index is 0.398. The molecular weight excluding hydrogens is 301 g/mol. The van der Waals surface area contributed by atoms with Crippen LogP contribution >= 0.6 is 23.2 Å². The molecular formula is C18H17Cl2N. The van der Waals surface area contributed by atoms with Crippen molar-refractivity contribution >= 4 is 23.2 Å². The summed E-state index contributed by atoms with van der Waals surface area (Å²) in [7, 11) is 0. The van der Waals surface area contributed by atoms with Gasteiger partial charge in [-0.05, 0) is 66.3 Å². The molecule has 1 fully saturated rings. The van der Waals surface area contributed by atoms with Crippen molar-refractivity contribution in [3.05, 3.63) is 69.2 Å². The standard InChI is InChI=1S/C18H17Cl2N/c19-12-4-1-3-11(9-12)17-15-5-2-8-21-18(15)14-7-6-13(20)10-16(14)17/h1,3-4,6-7,9-10,15,17-18,21H,2,5,8H2. The summed E-state index contributed by atoms with van der Waals surface area (Å²) in [6.07, 6.45) is 2.49. The second-order valence-corrected chi connectivity index (χ2v) is 6.92. The second-order valence-electron chi connectivity index (χ2n) is 6.04. The fourth-order valence-electron chi connectivity index (χ4n) is 4.07. The Morgan fingerprint density at radius 2 is 1.81 bits per heavy atom. The van der Waals surface area contributed by atoms with Crippen molar-refractivity contribution in [2.45, 2.75) is 24.8 Å². The van der Waals surface area contributed by atoms with E-state index in [1.165, 1.54) is 29.5 Å². The SMILES string of the molecule is Clc1cccc(C2c3cc(Cl)ccc3C3NCCCC32)c1. The Bertz CT molecular complexity index is 683. The van der Waals surface area contributed by atoms with Crippen LogP contribution in [0.5, 0.6) is 0 Å². The van der Waals surface area contributed by atoms with E-state index in [2.05, 4.69) is 29.6 Å². The molecule has 3 unspecified atom stereocenters. The zero-order valence-electron chi connectivity index (χ0n) is 11.7. The molecule has 21 heavy (non-hydrogen) atoms. The van der Waals surface area contributed by atoms with Gasteiger partial charge in [0, 0.05) is 22.0 Å². The molecule has 2 aliphatic rings. The van der Waals surface area contributed by atoms with Crippen molar-refractivity contribution in [3.8, 4) is 0 Å². The number of nitrogens with one attached hydrogen (secondary N) is 1. The van der Waals surface area contributed by atoms with Crippen LogP contribution in [0.2, 0.25) is 10.0 Å². The fraction of sp³-hybridized carbons (Fsp3) is 0.333. The Kier molecular flexibility index (Phi) is 3.45. The number of piperidine rings is 1. The molecule has 1 N–H and O–H groups in total. The lowest BCUT2D eigenvalue weighted by Crippen LogP contribution is -2.32. The summed E-state index contributed by atoms with van der Waals surface area (Å²) in [5, 5.41) is 5.32. The number of hydrogen-bond acceptors (Lipinski definition) is 1. The molecule has 3 atom stereocenters. The summed E-state index contributed by atoms with van der Waals surface area (Å²) in [6, 6.07) is 15.1. The van der Waals surface area contributed by atoms with Crippen LogP contribution in [0.1, 0.15) is 41.5 Å². The van der Waals surface area contributed by atoms with Crippen molar-refractivity contribution < 1.29 is 0 Å². The van der Waals surface area contributed by atoms with E-state index in [9.17, 15) is 0 Å². The van der Waals surface area contributed by atoms with E-state index >= 15 is 0 Å². The quantitative estimate of drug-likeness (QED) is 0.764. The van der Waals surface area contributed by atoms with Crippen molar-refractivity contribution in [3.63, 3.8) is 0 Å². The Balaban J connectivity index is 1.87. The first-order chi connectivity index (χ1) is 10.2. The number of benzene rings is 2. The average molecular weight is 318 g/mol. The monoisotopic (exact) mass is 317 g/mol. The first-order valence-electron chi connectivity index (χ1n) is 7.52. The minimum Gasteiger partial charge on any atom is -0.310 e. The molecule has 4 rings (SSSR count). The zero-order valence-corrected chi connectivity index (χ0v) is 13.2. The number of fused-ring (bicyclic) bond motifs is 3. The first kappa shape index (κ1) is 13.6. The maximum absolute atomic E-state index is 6.26. The van der Waals surface area contributed by atoms with Crippen molar-refractivity contribution in [2.24, 2.45) is 5.92 Å². The molecule has 1 aliphatic heterocycles. The van der Waals surface area contributed by atoms with Crippen LogP contribution in [-0.2, 0) is 0 Å². The van der Waals surface area contributed by atoms with Crippen LogP contribution in [0, 0.1) is 5.92 Å². The van der Waals surface area contributed by atoms with E-state index in [1.54, 1.807) is 0 Å². The Morgan fingerprint density at radius 1 is 0.952 bits per heavy atom. The number of hydrogen-bond donors (Lipinski definition) is 1. The highest BCUT2D eigenvalue weighted by molar-refractivity contribution is 6.31. The largest absolute Gasteiger partial charge is 0.310 e. The van der Waals surface area contributed by atoms with Crippen LogP contribution in [0.25, 0.3) is 0 Å². The molecule has 1 nitrogen and oxygen atoms in total. The average Bonchev–Trinajstić information content (AvgIpc) is 2.80. The molecule has 1 aliphatic carbocycles. The lowest BCUT2D eigenvalue weighted by atomic mass is 9.80. The zero-order chi connectivity index (χ0) is 14.4. The fourth-order valence-corrected chi connectivity index (χ4v) is 4.45. The van der Waals surface area contributed by atoms with Crippen LogP contribution in [0.4, 0.5) is 0 Å². The summed E-state index contributed by atoms with van der Waals surface area (Å²) in [6.45, 7) is 1.10. The van der Waals surface area contributed by atoms with Gasteiger partial charge in [0.05, 0.1) is 0 Å². The van der Waals surface area contributed by atoms with E-state index < -0.39 is 0 Å². The third-order valence-electron chi connectivity index (χ3n) is 4.86. The van der Waals surface area contributed by atoms with Gasteiger partial charge in [0.25, 0.3) is 0 Å². The lowest BCUT2D eigenvalue weighted by Gasteiger charge is -2.31. The number of rotatable bonds is 1. The maximum Gasteiger partial charge on any atom is 0.0409 e. The van der Waals surface area contributed by atoms with E-state index in [0.717, 1.165) is 16.6 Å². The van der Waals surface area contributed by atoms with Gasteiger partial charge in [-0.25, -0.2) is 0 Å². The second kappa shape index (κ2) is 5.31. The predicted octanol–water partition coefficient (Wildman–Crippen LogP) is 5.18. The normalized spacial score (nSPS) is 27.2. The predicted molar refractivity (Wildman–Crippen MR) is 88.2 cm³/mol. The highest BCUT2D eigenvalue weighted by atomic mass is 35.5. The van der Waals surface area contributed by atoms with Crippen molar-refractivity contribution in [1.29, 1.82) is 0 Å². The highest BCUT2D eigenvalue weighted by Gasteiger charge is 2.42. The molecule has 0 saturated carbocycles. The van der Waals surface area contributed by atoms with Gasteiger partial charge >= 0.3 is 0 Å². The number of halogens is 2. The van der Waals surface area contributed by atoms with Crippen LogP contribution in [0.3, 0.4) is 0 Å². The van der Waals surface area contributed by atoms with Gasteiger partial charge in [-0.3, -0.25) is 0 Å². The summed E-state index contributed by atoms with van der Waals surface area (Å²) >= 11 is 12.5. The highest BCUT2D eigenvalue weighted by Crippen LogP contribution is 2.52. The smallest absolute Gasteiger partial charge is 0.0409 e. The van der Waals surface area contributed by atoms with E-state index in [4.69, 9.17) is 23.2 Å². The van der Waals surface area contributed by atoms with Crippen LogP contribution in [-0.4, -0.2) is 6.54 Å². The third-order valence-corrected chi connectivity index (χ3v) is 5.33. The Labute approximate surface area is 135 Å². The van der Waals surface area contributed by atoms with E-state index in [0.29, 0.717) is 17.9 Å². The molecule has 3 heteroatoms. The molecule has 2 aromatic carbocycles. The molecule has 0 spiro atoms. The summed E-state index contributed by atoms with van der Waals surface area (Å²) < 4.78 is 0. The summed E-state index contributed by atoms with van der Waals surface area (Å²) in [4.78, 5) is 0.